The van der Waals surface area contributed by atoms with Crippen molar-refractivity contribution in [2.75, 3.05) is 18.9 Å². The van der Waals surface area contributed by atoms with Crippen LogP contribution >= 0.6 is 0 Å². The lowest BCUT2D eigenvalue weighted by molar-refractivity contribution is -0.140. The van der Waals surface area contributed by atoms with Gasteiger partial charge in [0.15, 0.2) is 0 Å². The highest BCUT2D eigenvalue weighted by atomic mass is 16.4. The first-order valence-electron chi connectivity index (χ1n) is 8.48. The van der Waals surface area contributed by atoms with Crippen molar-refractivity contribution in [1.29, 1.82) is 0 Å². The van der Waals surface area contributed by atoms with Gasteiger partial charge in [0.1, 0.15) is 11.9 Å². The van der Waals surface area contributed by atoms with Crippen molar-refractivity contribution in [3.05, 3.63) is 24.4 Å². The van der Waals surface area contributed by atoms with E-state index in [2.05, 4.69) is 26.3 Å². The fourth-order valence-electron chi connectivity index (χ4n) is 2.19. The molecule has 1 heterocycles. The van der Waals surface area contributed by atoms with Gasteiger partial charge in [-0.2, -0.15) is 0 Å². The second kappa shape index (κ2) is 11.4. The zero-order valence-corrected chi connectivity index (χ0v) is 15.3. The number of carbonyl (C=O) groups excluding carboxylic acids is 3. The number of carboxylic acids is 1. The molecule has 10 nitrogen and oxygen atoms in total. The van der Waals surface area contributed by atoms with Crippen molar-refractivity contribution < 1.29 is 24.3 Å². The molecule has 1 aromatic rings. The molecule has 0 saturated heterocycles. The molecule has 10 heteroatoms. The van der Waals surface area contributed by atoms with E-state index in [1.807, 2.05) is 19.1 Å². The van der Waals surface area contributed by atoms with Crippen LogP contribution in [-0.2, 0) is 19.2 Å². The highest BCUT2D eigenvalue weighted by Crippen LogP contribution is 2.06. The van der Waals surface area contributed by atoms with Gasteiger partial charge in [0.05, 0.1) is 13.0 Å². The predicted octanol–water partition coefficient (Wildman–Crippen LogP) is -0.516. The number of nitrogens with one attached hydrogen (secondary N) is 4. The van der Waals surface area contributed by atoms with Gasteiger partial charge in [0.2, 0.25) is 17.7 Å². The number of hydrogen-bond acceptors (Lipinski definition) is 6. The molecule has 0 aliphatic heterocycles. The number of aliphatic carboxylic acids is 1. The molecule has 0 bridgehead atoms. The molecule has 0 aliphatic carbocycles. The van der Waals surface area contributed by atoms with E-state index in [9.17, 15) is 19.2 Å². The summed E-state index contributed by atoms with van der Waals surface area (Å²) in [5.74, 6) is -2.09. The summed E-state index contributed by atoms with van der Waals surface area (Å²) < 4.78 is 0. The summed E-state index contributed by atoms with van der Waals surface area (Å²) in [5, 5.41) is 18.9. The van der Waals surface area contributed by atoms with E-state index < -0.39 is 30.2 Å². The van der Waals surface area contributed by atoms with Crippen LogP contribution < -0.4 is 21.3 Å². The average molecular weight is 379 g/mol. The summed E-state index contributed by atoms with van der Waals surface area (Å²) in [6.07, 6.45) is 1.85. The van der Waals surface area contributed by atoms with Crippen molar-refractivity contribution in [2.24, 2.45) is 0 Å². The summed E-state index contributed by atoms with van der Waals surface area (Å²) in [7, 11) is 1.34. The molecule has 3 amide bonds. The Bertz CT molecular complexity index is 652. The van der Waals surface area contributed by atoms with Crippen molar-refractivity contribution in [3.8, 4) is 0 Å². The maximum absolute atomic E-state index is 11.9. The fourth-order valence-corrected chi connectivity index (χ4v) is 2.19. The van der Waals surface area contributed by atoms with Crippen LogP contribution in [0.3, 0.4) is 0 Å². The van der Waals surface area contributed by atoms with Crippen molar-refractivity contribution >= 4 is 29.5 Å². The van der Waals surface area contributed by atoms with E-state index in [1.165, 1.54) is 7.05 Å². The maximum atomic E-state index is 11.9. The average Bonchev–Trinajstić information content (AvgIpc) is 2.64. The van der Waals surface area contributed by atoms with Crippen molar-refractivity contribution in [2.45, 2.75) is 38.3 Å². The van der Waals surface area contributed by atoms with Crippen LogP contribution in [0.4, 0.5) is 5.82 Å². The molecule has 0 aliphatic rings. The second-order valence-electron chi connectivity index (χ2n) is 5.91. The Morgan fingerprint density at radius 1 is 1.19 bits per heavy atom. The number of pyridine rings is 1. The quantitative estimate of drug-likeness (QED) is 0.347. The van der Waals surface area contributed by atoms with Gasteiger partial charge in [-0.05, 0) is 25.5 Å². The van der Waals surface area contributed by atoms with E-state index in [0.717, 1.165) is 0 Å². The number of anilines is 1. The molecule has 2 unspecified atom stereocenters. The first-order valence-corrected chi connectivity index (χ1v) is 8.48. The SMILES string of the molecule is CNC(=O)C(CC(=O)O)NC(=O)CNC(=O)CCC(C)Nc1ccccn1. The highest BCUT2D eigenvalue weighted by molar-refractivity contribution is 5.92. The molecule has 0 aromatic carbocycles. The number of aromatic nitrogens is 1. The Hall–Kier alpha value is -3.17. The minimum Gasteiger partial charge on any atom is -0.481 e. The topological polar surface area (TPSA) is 150 Å². The number of amides is 3. The summed E-state index contributed by atoms with van der Waals surface area (Å²) >= 11 is 0. The molecule has 2 atom stereocenters. The van der Waals surface area contributed by atoms with E-state index in [4.69, 9.17) is 5.11 Å². The third kappa shape index (κ3) is 9.19. The fraction of sp³-hybridized carbons (Fsp3) is 0.471. The maximum Gasteiger partial charge on any atom is 0.305 e. The Morgan fingerprint density at radius 2 is 1.93 bits per heavy atom. The zero-order valence-electron chi connectivity index (χ0n) is 15.3. The molecule has 5 N–H and O–H groups in total. The molecular formula is C17H25N5O5. The summed E-state index contributed by atoms with van der Waals surface area (Å²) in [5.41, 5.74) is 0. The normalized spacial score (nSPS) is 12.4. The third-order valence-electron chi connectivity index (χ3n) is 3.59. The molecule has 27 heavy (non-hydrogen) atoms. The van der Waals surface area contributed by atoms with Crippen molar-refractivity contribution in [1.82, 2.24) is 20.9 Å². The van der Waals surface area contributed by atoms with Crippen LogP contribution in [0.2, 0.25) is 0 Å². The van der Waals surface area contributed by atoms with Crippen LogP contribution in [0.5, 0.6) is 0 Å². The Labute approximate surface area is 157 Å². The molecule has 148 valence electrons. The van der Waals surface area contributed by atoms with Crippen LogP contribution in [0.15, 0.2) is 24.4 Å². The zero-order chi connectivity index (χ0) is 20.2. The number of carboxylic acid groups (broad SMARTS) is 1. The molecule has 1 rings (SSSR count). The minimum absolute atomic E-state index is 0.00711. The van der Waals surface area contributed by atoms with Gasteiger partial charge in [0, 0.05) is 25.7 Å². The minimum atomic E-state index is -1.22. The molecular weight excluding hydrogens is 354 g/mol. The number of carbonyl (C=O) groups is 4. The molecule has 0 radical (unpaired) electrons. The smallest absolute Gasteiger partial charge is 0.305 e. The van der Waals surface area contributed by atoms with Gasteiger partial charge in [-0.15, -0.1) is 0 Å². The summed E-state index contributed by atoms with van der Waals surface area (Å²) in [6.45, 7) is 1.57. The van der Waals surface area contributed by atoms with Gasteiger partial charge >= 0.3 is 5.97 Å². The molecule has 0 saturated carbocycles. The number of likely N-dealkylation sites (N-methyl/N-ethyl adjacent to an activating group) is 1. The van der Waals surface area contributed by atoms with Gasteiger partial charge in [-0.3, -0.25) is 19.2 Å². The Balaban J connectivity index is 2.32. The lowest BCUT2D eigenvalue weighted by Crippen LogP contribution is -2.49. The molecule has 1 aromatic heterocycles. The van der Waals surface area contributed by atoms with Gasteiger partial charge in [0.25, 0.3) is 0 Å². The van der Waals surface area contributed by atoms with Crippen LogP contribution in [0.25, 0.3) is 0 Å². The van der Waals surface area contributed by atoms with Gasteiger partial charge in [-0.1, -0.05) is 6.07 Å². The Morgan fingerprint density at radius 3 is 2.52 bits per heavy atom. The summed E-state index contributed by atoms with van der Waals surface area (Å²) in [6, 6.07) is 4.29. The standard InChI is InChI=1S/C17H25N5O5/c1-11(21-13-5-3-4-8-19-13)6-7-14(23)20-10-15(24)22-12(9-16(25)26)17(27)18-2/h3-5,8,11-12H,6-7,9-10H2,1-2H3,(H,18,27)(H,19,21)(H,20,23)(H,22,24)(H,25,26). The molecule has 0 fully saturated rings. The van der Waals surface area contributed by atoms with Crippen LogP contribution in [0.1, 0.15) is 26.2 Å². The van der Waals surface area contributed by atoms with E-state index in [1.54, 1.807) is 12.3 Å². The van der Waals surface area contributed by atoms with Gasteiger partial charge < -0.3 is 26.4 Å². The first-order chi connectivity index (χ1) is 12.8. The second-order valence-corrected chi connectivity index (χ2v) is 5.91. The summed E-state index contributed by atoms with van der Waals surface area (Å²) in [4.78, 5) is 50.1. The van der Waals surface area contributed by atoms with E-state index in [-0.39, 0.29) is 24.9 Å². The van der Waals surface area contributed by atoms with E-state index >= 15 is 0 Å². The number of hydrogen-bond donors (Lipinski definition) is 5. The van der Waals surface area contributed by atoms with Crippen LogP contribution in [0, 0.1) is 0 Å². The van der Waals surface area contributed by atoms with Crippen molar-refractivity contribution in [3.63, 3.8) is 0 Å². The lowest BCUT2D eigenvalue weighted by atomic mass is 10.1. The van der Waals surface area contributed by atoms with E-state index in [0.29, 0.717) is 12.2 Å². The monoisotopic (exact) mass is 379 g/mol. The van der Waals surface area contributed by atoms with Crippen LogP contribution in [-0.4, -0.2) is 59.5 Å². The lowest BCUT2D eigenvalue weighted by Gasteiger charge is -2.16. The predicted molar refractivity (Wildman–Crippen MR) is 97.8 cm³/mol. The van der Waals surface area contributed by atoms with Gasteiger partial charge in [-0.25, -0.2) is 4.98 Å². The first kappa shape index (κ1) is 21.9. The largest absolute Gasteiger partial charge is 0.481 e. The third-order valence-corrected chi connectivity index (χ3v) is 3.59. The number of nitrogens with zero attached hydrogens (tertiary/aromatic N) is 1. The highest BCUT2D eigenvalue weighted by Gasteiger charge is 2.22. The Kier molecular flexibility index (Phi) is 9.27. The molecule has 0 spiro atoms. The number of rotatable bonds is 11.